The van der Waals surface area contributed by atoms with E-state index in [2.05, 4.69) is 15.6 Å². The first-order valence-corrected chi connectivity index (χ1v) is 8.80. The van der Waals surface area contributed by atoms with Crippen LogP contribution in [-0.4, -0.2) is 21.9 Å². The van der Waals surface area contributed by atoms with Crippen LogP contribution in [0.3, 0.4) is 0 Å². The summed E-state index contributed by atoms with van der Waals surface area (Å²) in [7, 11) is 0. The van der Waals surface area contributed by atoms with Crippen molar-refractivity contribution < 1.29 is 4.79 Å². The van der Waals surface area contributed by atoms with Crippen LogP contribution < -0.4 is 10.6 Å². The van der Waals surface area contributed by atoms with Crippen molar-refractivity contribution in [3.05, 3.63) is 36.2 Å². The van der Waals surface area contributed by atoms with Gasteiger partial charge in [-0.3, -0.25) is 9.78 Å². The Kier molecular flexibility index (Phi) is 4.15. The Balaban J connectivity index is 1.54. The SMILES string of the molecule is O=C1Cc2cc(-c3cncc(NC4CCCCCC4)n3)ccc2N1. The number of benzene rings is 1. The molecule has 0 bridgehead atoms. The summed E-state index contributed by atoms with van der Waals surface area (Å²) in [6.45, 7) is 0. The van der Waals surface area contributed by atoms with E-state index in [0.717, 1.165) is 28.3 Å². The topological polar surface area (TPSA) is 66.9 Å². The number of hydrogen-bond acceptors (Lipinski definition) is 4. The van der Waals surface area contributed by atoms with Gasteiger partial charge in [-0.25, -0.2) is 4.98 Å². The quantitative estimate of drug-likeness (QED) is 0.844. The lowest BCUT2D eigenvalue weighted by atomic mass is 10.1. The molecular formula is C19H22N4O. The van der Waals surface area contributed by atoms with Crippen molar-refractivity contribution in [3.63, 3.8) is 0 Å². The normalized spacial score (nSPS) is 17.9. The maximum absolute atomic E-state index is 11.5. The molecule has 0 spiro atoms. The Morgan fingerprint density at radius 1 is 1.08 bits per heavy atom. The molecule has 0 saturated heterocycles. The van der Waals surface area contributed by atoms with E-state index in [1.807, 2.05) is 18.2 Å². The summed E-state index contributed by atoms with van der Waals surface area (Å²) in [5, 5.41) is 6.41. The molecule has 1 aliphatic carbocycles. The van der Waals surface area contributed by atoms with Crippen LogP contribution in [0.25, 0.3) is 11.3 Å². The van der Waals surface area contributed by atoms with Gasteiger partial charge in [0.15, 0.2) is 0 Å². The van der Waals surface area contributed by atoms with Crippen LogP contribution >= 0.6 is 0 Å². The number of fused-ring (bicyclic) bond motifs is 1. The van der Waals surface area contributed by atoms with E-state index < -0.39 is 0 Å². The minimum Gasteiger partial charge on any atom is -0.366 e. The zero-order valence-electron chi connectivity index (χ0n) is 13.7. The Hall–Kier alpha value is -2.43. The molecule has 1 aromatic heterocycles. The summed E-state index contributed by atoms with van der Waals surface area (Å²) in [6.07, 6.45) is 11.7. The molecule has 1 aliphatic heterocycles. The van der Waals surface area contributed by atoms with Gasteiger partial charge in [-0.2, -0.15) is 0 Å². The van der Waals surface area contributed by atoms with E-state index in [4.69, 9.17) is 4.98 Å². The van der Waals surface area contributed by atoms with Crippen LogP contribution in [0, 0.1) is 0 Å². The number of carbonyl (C=O) groups excluding carboxylic acids is 1. The van der Waals surface area contributed by atoms with Crippen molar-refractivity contribution in [1.29, 1.82) is 0 Å². The van der Waals surface area contributed by atoms with Gasteiger partial charge in [0, 0.05) is 17.3 Å². The lowest BCUT2D eigenvalue weighted by Crippen LogP contribution is -2.19. The van der Waals surface area contributed by atoms with Crippen molar-refractivity contribution in [1.82, 2.24) is 9.97 Å². The molecule has 1 fully saturated rings. The molecule has 1 amide bonds. The maximum atomic E-state index is 11.5. The third-order valence-corrected chi connectivity index (χ3v) is 4.87. The third kappa shape index (κ3) is 3.25. The summed E-state index contributed by atoms with van der Waals surface area (Å²) in [5.41, 5.74) is 3.78. The molecule has 5 heteroatoms. The number of anilines is 2. The number of aromatic nitrogens is 2. The van der Waals surface area contributed by atoms with Gasteiger partial charge in [-0.15, -0.1) is 0 Å². The first-order chi connectivity index (χ1) is 11.8. The van der Waals surface area contributed by atoms with Gasteiger partial charge in [0.2, 0.25) is 5.91 Å². The molecule has 124 valence electrons. The standard InChI is InChI=1S/C19H22N4O/c24-19-10-14-9-13(7-8-16(14)23-19)17-11-20-12-18(22-17)21-15-5-3-1-2-4-6-15/h7-9,11-12,15H,1-6,10H2,(H,21,22)(H,23,24). The molecule has 24 heavy (non-hydrogen) atoms. The largest absolute Gasteiger partial charge is 0.366 e. The molecule has 0 atom stereocenters. The molecule has 1 saturated carbocycles. The zero-order chi connectivity index (χ0) is 16.4. The van der Waals surface area contributed by atoms with E-state index in [0.29, 0.717) is 12.5 Å². The number of nitrogens with one attached hydrogen (secondary N) is 2. The highest BCUT2D eigenvalue weighted by Gasteiger charge is 2.18. The van der Waals surface area contributed by atoms with Crippen LogP contribution in [0.2, 0.25) is 0 Å². The van der Waals surface area contributed by atoms with E-state index in [9.17, 15) is 4.79 Å². The predicted molar refractivity (Wildman–Crippen MR) is 94.9 cm³/mol. The Morgan fingerprint density at radius 3 is 2.75 bits per heavy atom. The second-order valence-electron chi connectivity index (χ2n) is 6.72. The van der Waals surface area contributed by atoms with E-state index in [1.165, 1.54) is 38.5 Å². The van der Waals surface area contributed by atoms with Gasteiger partial charge in [0.25, 0.3) is 0 Å². The summed E-state index contributed by atoms with van der Waals surface area (Å²) in [4.78, 5) is 20.6. The van der Waals surface area contributed by atoms with Gasteiger partial charge in [-0.1, -0.05) is 31.7 Å². The monoisotopic (exact) mass is 322 g/mol. The lowest BCUT2D eigenvalue weighted by molar-refractivity contribution is -0.115. The predicted octanol–water partition coefficient (Wildman–Crippen LogP) is 3.77. The molecule has 2 heterocycles. The number of carbonyl (C=O) groups is 1. The Morgan fingerprint density at radius 2 is 1.92 bits per heavy atom. The Bertz CT molecular complexity index is 751. The number of rotatable bonds is 3. The highest BCUT2D eigenvalue weighted by Crippen LogP contribution is 2.28. The van der Waals surface area contributed by atoms with Gasteiger partial charge < -0.3 is 10.6 Å². The smallest absolute Gasteiger partial charge is 0.228 e. The third-order valence-electron chi connectivity index (χ3n) is 4.87. The van der Waals surface area contributed by atoms with Crippen LogP contribution in [0.15, 0.2) is 30.6 Å². The van der Waals surface area contributed by atoms with Crippen LogP contribution in [0.4, 0.5) is 11.5 Å². The first-order valence-electron chi connectivity index (χ1n) is 8.80. The van der Waals surface area contributed by atoms with Gasteiger partial charge in [-0.05, 0) is 30.5 Å². The first kappa shape index (κ1) is 15.1. The molecule has 1 aromatic carbocycles. The summed E-state index contributed by atoms with van der Waals surface area (Å²) in [6, 6.07) is 6.47. The molecule has 0 unspecified atom stereocenters. The average Bonchev–Trinajstić information content (AvgIpc) is 2.78. The van der Waals surface area contributed by atoms with Gasteiger partial charge in [0.05, 0.1) is 24.5 Å². The van der Waals surface area contributed by atoms with Crippen molar-refractivity contribution in [3.8, 4) is 11.3 Å². The van der Waals surface area contributed by atoms with Crippen LogP contribution in [0.1, 0.15) is 44.1 Å². The van der Waals surface area contributed by atoms with Crippen LogP contribution in [0.5, 0.6) is 0 Å². The number of amides is 1. The Labute approximate surface area is 141 Å². The highest BCUT2D eigenvalue weighted by atomic mass is 16.1. The maximum Gasteiger partial charge on any atom is 0.228 e. The molecular weight excluding hydrogens is 300 g/mol. The van der Waals surface area contributed by atoms with Crippen molar-refractivity contribution in [2.24, 2.45) is 0 Å². The van der Waals surface area contributed by atoms with Gasteiger partial charge >= 0.3 is 0 Å². The molecule has 0 radical (unpaired) electrons. The molecule has 5 nitrogen and oxygen atoms in total. The summed E-state index contributed by atoms with van der Waals surface area (Å²) < 4.78 is 0. The number of hydrogen-bond donors (Lipinski definition) is 2. The second-order valence-corrected chi connectivity index (χ2v) is 6.72. The molecule has 2 aromatic rings. The van der Waals surface area contributed by atoms with Crippen LogP contribution in [-0.2, 0) is 11.2 Å². The fourth-order valence-corrected chi connectivity index (χ4v) is 3.60. The average molecular weight is 322 g/mol. The summed E-state index contributed by atoms with van der Waals surface area (Å²) in [5.74, 6) is 0.895. The number of nitrogens with zero attached hydrogens (tertiary/aromatic N) is 2. The van der Waals surface area contributed by atoms with Crippen molar-refractivity contribution >= 4 is 17.4 Å². The van der Waals surface area contributed by atoms with Gasteiger partial charge in [0.1, 0.15) is 5.82 Å². The van der Waals surface area contributed by atoms with E-state index >= 15 is 0 Å². The highest BCUT2D eigenvalue weighted by molar-refractivity contribution is 5.99. The minimum absolute atomic E-state index is 0.0528. The fourth-order valence-electron chi connectivity index (χ4n) is 3.60. The van der Waals surface area contributed by atoms with E-state index in [-0.39, 0.29) is 5.91 Å². The second kappa shape index (κ2) is 6.59. The van der Waals surface area contributed by atoms with E-state index in [1.54, 1.807) is 12.4 Å². The molecule has 2 N–H and O–H groups in total. The van der Waals surface area contributed by atoms with Crippen molar-refractivity contribution in [2.75, 3.05) is 10.6 Å². The zero-order valence-corrected chi connectivity index (χ0v) is 13.7. The summed E-state index contributed by atoms with van der Waals surface area (Å²) >= 11 is 0. The fraction of sp³-hybridized carbons (Fsp3) is 0.421. The molecule has 4 rings (SSSR count). The molecule has 2 aliphatic rings. The minimum atomic E-state index is 0.0528. The van der Waals surface area contributed by atoms with Crippen molar-refractivity contribution in [2.45, 2.75) is 51.0 Å². The lowest BCUT2D eigenvalue weighted by Gasteiger charge is -2.17.